The van der Waals surface area contributed by atoms with E-state index >= 15 is 0 Å². The van der Waals surface area contributed by atoms with Crippen molar-refractivity contribution in [1.29, 1.82) is 5.26 Å². The van der Waals surface area contributed by atoms with Crippen molar-refractivity contribution in [2.75, 3.05) is 13.1 Å². The van der Waals surface area contributed by atoms with Crippen molar-refractivity contribution in [2.45, 2.75) is 25.9 Å². The van der Waals surface area contributed by atoms with E-state index in [2.05, 4.69) is 26.3 Å². The average Bonchev–Trinajstić information content (AvgIpc) is 3.10. The number of likely N-dealkylation sites (tertiary alicyclic amines) is 1. The van der Waals surface area contributed by atoms with Crippen LogP contribution in [0.2, 0.25) is 0 Å². The third kappa shape index (κ3) is 2.64. The van der Waals surface area contributed by atoms with E-state index in [1.54, 1.807) is 17.5 Å². The predicted octanol–water partition coefficient (Wildman–Crippen LogP) is 1.36. The van der Waals surface area contributed by atoms with Crippen molar-refractivity contribution in [3.05, 3.63) is 28.0 Å². The summed E-state index contributed by atoms with van der Waals surface area (Å²) in [6.07, 6.45) is 4.50. The fourth-order valence-electron chi connectivity index (χ4n) is 2.36. The van der Waals surface area contributed by atoms with Gasteiger partial charge in [0.2, 0.25) is 0 Å². The molecule has 0 spiro atoms. The Morgan fingerprint density at radius 1 is 1.53 bits per heavy atom. The highest BCUT2D eigenvalue weighted by molar-refractivity contribution is 7.11. The van der Waals surface area contributed by atoms with Crippen molar-refractivity contribution >= 4 is 11.3 Å². The minimum atomic E-state index is 0.358. The summed E-state index contributed by atoms with van der Waals surface area (Å²) in [6, 6.07) is 2.47. The van der Waals surface area contributed by atoms with E-state index in [4.69, 9.17) is 5.26 Å². The quantitative estimate of drug-likeness (QED) is 0.845. The molecule has 0 aromatic carbocycles. The maximum absolute atomic E-state index is 8.82. The molecule has 2 aromatic heterocycles. The topological polar surface area (TPSA) is 70.6 Å². The molecular weight excluding hydrogens is 260 g/mol. The number of nitrogens with zero attached hydrogens (tertiary/aromatic N) is 6. The van der Waals surface area contributed by atoms with Gasteiger partial charge < -0.3 is 0 Å². The summed E-state index contributed by atoms with van der Waals surface area (Å²) in [5.74, 6) is 0. The summed E-state index contributed by atoms with van der Waals surface area (Å²) < 4.78 is 1.91. The summed E-state index contributed by atoms with van der Waals surface area (Å²) in [5.41, 5.74) is 0.623. The average molecular weight is 274 g/mol. The minimum absolute atomic E-state index is 0.358. The summed E-state index contributed by atoms with van der Waals surface area (Å²) in [6.45, 7) is 4.81. The third-order valence-corrected chi connectivity index (χ3v) is 4.10. The van der Waals surface area contributed by atoms with Gasteiger partial charge in [0.15, 0.2) is 0 Å². The Kier molecular flexibility index (Phi) is 3.27. The van der Waals surface area contributed by atoms with E-state index in [0.717, 1.165) is 36.1 Å². The molecule has 3 heterocycles. The van der Waals surface area contributed by atoms with Gasteiger partial charge in [0.05, 0.1) is 24.3 Å². The van der Waals surface area contributed by atoms with Crippen molar-refractivity contribution in [2.24, 2.45) is 0 Å². The Bertz CT molecular complexity index is 610. The van der Waals surface area contributed by atoms with Crippen LogP contribution in [-0.4, -0.2) is 38.0 Å². The Morgan fingerprint density at radius 3 is 3.11 bits per heavy atom. The normalized spacial score (nSPS) is 19.7. The number of aryl methyl sites for hydroxylation is 1. The number of aromatic nitrogens is 4. The van der Waals surface area contributed by atoms with Crippen LogP contribution in [0.4, 0.5) is 0 Å². The van der Waals surface area contributed by atoms with E-state index in [1.807, 2.05) is 17.8 Å². The Morgan fingerprint density at radius 2 is 2.42 bits per heavy atom. The lowest BCUT2D eigenvalue weighted by molar-refractivity contribution is 0.310. The molecule has 1 aliphatic rings. The molecule has 0 saturated carbocycles. The van der Waals surface area contributed by atoms with Crippen LogP contribution in [0.1, 0.15) is 28.0 Å². The van der Waals surface area contributed by atoms with Gasteiger partial charge in [0.25, 0.3) is 0 Å². The summed E-state index contributed by atoms with van der Waals surface area (Å²) in [4.78, 5) is 2.36. The van der Waals surface area contributed by atoms with Crippen molar-refractivity contribution < 1.29 is 0 Å². The van der Waals surface area contributed by atoms with Crippen LogP contribution >= 0.6 is 11.3 Å². The Balaban J connectivity index is 1.62. The van der Waals surface area contributed by atoms with Gasteiger partial charge in [0.1, 0.15) is 16.1 Å². The van der Waals surface area contributed by atoms with Crippen LogP contribution in [0.3, 0.4) is 0 Å². The predicted molar refractivity (Wildman–Crippen MR) is 70.5 cm³/mol. The lowest BCUT2D eigenvalue weighted by Gasteiger charge is -2.14. The van der Waals surface area contributed by atoms with Crippen molar-refractivity contribution in [3.63, 3.8) is 0 Å². The molecule has 3 rings (SSSR count). The molecule has 0 amide bonds. The zero-order valence-electron chi connectivity index (χ0n) is 10.7. The number of hydrogen-bond donors (Lipinski definition) is 0. The first-order chi connectivity index (χ1) is 9.24. The summed E-state index contributed by atoms with van der Waals surface area (Å²) in [5, 5.41) is 23.3. The molecule has 1 atom stereocenters. The molecule has 1 aliphatic heterocycles. The molecule has 98 valence electrons. The number of rotatable bonds is 3. The van der Waals surface area contributed by atoms with Gasteiger partial charge in [-0.1, -0.05) is 0 Å². The summed E-state index contributed by atoms with van der Waals surface area (Å²) >= 11 is 1.65. The molecule has 0 bridgehead atoms. The first-order valence-electron chi connectivity index (χ1n) is 6.20. The van der Waals surface area contributed by atoms with Gasteiger partial charge in [-0.05, 0) is 13.3 Å². The lowest BCUT2D eigenvalue weighted by atomic mass is 10.3. The van der Waals surface area contributed by atoms with Crippen molar-refractivity contribution in [3.8, 4) is 6.07 Å². The van der Waals surface area contributed by atoms with Crippen LogP contribution in [0.15, 0.2) is 12.4 Å². The van der Waals surface area contributed by atoms with Gasteiger partial charge in [-0.25, -0.2) is 0 Å². The SMILES string of the molecule is Cc1nnc(CN2CCC(n3cc(C#N)cn3)C2)s1. The monoisotopic (exact) mass is 274 g/mol. The Hall–Kier alpha value is -1.78. The van der Waals surface area contributed by atoms with Gasteiger partial charge >= 0.3 is 0 Å². The largest absolute Gasteiger partial charge is 0.294 e. The second-order valence-corrected chi connectivity index (χ2v) is 5.98. The second kappa shape index (κ2) is 5.07. The molecule has 7 heteroatoms. The van der Waals surface area contributed by atoms with Gasteiger partial charge in [0, 0.05) is 19.3 Å². The highest BCUT2D eigenvalue weighted by atomic mass is 32.1. The fourth-order valence-corrected chi connectivity index (χ4v) is 3.11. The van der Waals surface area contributed by atoms with Crippen LogP contribution in [0.5, 0.6) is 0 Å². The second-order valence-electron chi connectivity index (χ2n) is 4.71. The highest BCUT2D eigenvalue weighted by Crippen LogP contribution is 2.23. The van der Waals surface area contributed by atoms with E-state index in [-0.39, 0.29) is 0 Å². The molecule has 1 fully saturated rings. The van der Waals surface area contributed by atoms with Gasteiger partial charge in [-0.2, -0.15) is 10.4 Å². The molecule has 1 saturated heterocycles. The van der Waals surface area contributed by atoms with Crippen LogP contribution in [-0.2, 0) is 6.54 Å². The van der Waals surface area contributed by atoms with Crippen LogP contribution in [0, 0.1) is 18.3 Å². The van der Waals surface area contributed by atoms with E-state index < -0.39 is 0 Å². The van der Waals surface area contributed by atoms with Crippen LogP contribution < -0.4 is 0 Å². The molecule has 0 N–H and O–H groups in total. The lowest BCUT2D eigenvalue weighted by Crippen LogP contribution is -2.21. The number of hydrogen-bond acceptors (Lipinski definition) is 6. The maximum Gasteiger partial charge on any atom is 0.131 e. The molecule has 6 nitrogen and oxygen atoms in total. The van der Waals surface area contributed by atoms with E-state index in [9.17, 15) is 0 Å². The molecule has 0 radical (unpaired) electrons. The minimum Gasteiger partial charge on any atom is -0.294 e. The van der Waals surface area contributed by atoms with E-state index in [1.165, 1.54) is 0 Å². The summed E-state index contributed by atoms with van der Waals surface area (Å²) in [7, 11) is 0. The first kappa shape index (κ1) is 12.3. The molecule has 19 heavy (non-hydrogen) atoms. The number of nitriles is 1. The van der Waals surface area contributed by atoms with Crippen LogP contribution in [0.25, 0.3) is 0 Å². The molecule has 0 aliphatic carbocycles. The third-order valence-electron chi connectivity index (χ3n) is 3.28. The standard InChI is InChI=1S/C12H14N6S/c1-9-15-16-12(19-9)8-17-3-2-11(7-17)18-6-10(4-13)5-14-18/h5-6,11H,2-3,7-8H2,1H3. The molecule has 2 aromatic rings. The van der Waals surface area contributed by atoms with Crippen molar-refractivity contribution in [1.82, 2.24) is 24.9 Å². The smallest absolute Gasteiger partial charge is 0.131 e. The Labute approximate surface area is 115 Å². The van der Waals surface area contributed by atoms with Gasteiger partial charge in [-0.15, -0.1) is 21.5 Å². The molecule has 1 unspecified atom stereocenters. The first-order valence-corrected chi connectivity index (χ1v) is 7.02. The maximum atomic E-state index is 8.82. The fraction of sp³-hybridized carbons (Fsp3) is 0.500. The zero-order valence-corrected chi connectivity index (χ0v) is 11.5. The highest BCUT2D eigenvalue weighted by Gasteiger charge is 2.25. The molecular formula is C12H14N6S. The zero-order chi connectivity index (χ0) is 13.2. The van der Waals surface area contributed by atoms with Gasteiger partial charge in [-0.3, -0.25) is 9.58 Å². The van der Waals surface area contributed by atoms with E-state index in [0.29, 0.717) is 11.6 Å².